The minimum absolute atomic E-state index is 0.00810. The van der Waals surface area contributed by atoms with Crippen LogP contribution >= 0.6 is 0 Å². The third-order valence-corrected chi connectivity index (χ3v) is 3.09. The molecule has 2 aliphatic rings. The highest BCUT2D eigenvalue weighted by Crippen LogP contribution is 2.36. The second-order valence-electron chi connectivity index (χ2n) is 5.31. The summed E-state index contributed by atoms with van der Waals surface area (Å²) >= 11 is 0. The summed E-state index contributed by atoms with van der Waals surface area (Å²) in [4.78, 5) is 38.3. The SMILES string of the molecule is CC1(C)CC(=O)C2C=C(C(N)=O)C(=O)N=C2C1. The normalized spacial score (nSPS) is 27.1. The minimum atomic E-state index is -0.824. The van der Waals surface area contributed by atoms with E-state index in [1.165, 1.54) is 6.08 Å². The second kappa shape index (κ2) is 3.61. The van der Waals surface area contributed by atoms with E-state index in [1.54, 1.807) is 0 Å². The Morgan fingerprint density at radius 3 is 2.65 bits per heavy atom. The van der Waals surface area contributed by atoms with Gasteiger partial charge in [0.2, 0.25) is 0 Å². The Kier molecular flexibility index (Phi) is 2.49. The van der Waals surface area contributed by atoms with Crippen LogP contribution in [0.3, 0.4) is 0 Å². The van der Waals surface area contributed by atoms with Crippen molar-refractivity contribution in [3.63, 3.8) is 0 Å². The van der Waals surface area contributed by atoms with Crippen molar-refractivity contribution in [3.05, 3.63) is 11.6 Å². The molecular formula is C12H14N2O3. The van der Waals surface area contributed by atoms with Crippen molar-refractivity contribution in [1.82, 2.24) is 0 Å². The van der Waals surface area contributed by atoms with E-state index >= 15 is 0 Å². The Morgan fingerprint density at radius 2 is 2.06 bits per heavy atom. The molecule has 1 unspecified atom stereocenters. The van der Waals surface area contributed by atoms with Crippen molar-refractivity contribution in [3.8, 4) is 0 Å². The Hall–Kier alpha value is -1.78. The van der Waals surface area contributed by atoms with Gasteiger partial charge in [-0.05, 0) is 17.9 Å². The summed E-state index contributed by atoms with van der Waals surface area (Å²) < 4.78 is 0. The number of hydrogen-bond donors (Lipinski definition) is 1. The van der Waals surface area contributed by atoms with Gasteiger partial charge in [0, 0.05) is 12.1 Å². The lowest BCUT2D eigenvalue weighted by molar-refractivity contribution is -0.122. The van der Waals surface area contributed by atoms with E-state index in [4.69, 9.17) is 5.73 Å². The van der Waals surface area contributed by atoms with Crippen LogP contribution in [0.1, 0.15) is 26.7 Å². The quantitative estimate of drug-likeness (QED) is 0.665. The molecule has 1 atom stereocenters. The maximum absolute atomic E-state index is 11.9. The number of carbonyl (C=O) groups is 3. The minimum Gasteiger partial charge on any atom is -0.365 e. The highest BCUT2D eigenvalue weighted by Gasteiger charge is 2.40. The molecule has 2 amide bonds. The average Bonchev–Trinajstić information content (AvgIpc) is 2.13. The molecule has 5 nitrogen and oxygen atoms in total. The van der Waals surface area contributed by atoms with Crippen LogP contribution in [0.2, 0.25) is 0 Å². The predicted octanol–water partition coefficient (Wildman–Crippen LogP) is 0.385. The van der Waals surface area contributed by atoms with Gasteiger partial charge in [0.05, 0.1) is 5.92 Å². The maximum atomic E-state index is 11.9. The summed E-state index contributed by atoms with van der Waals surface area (Å²) in [6.07, 6.45) is 2.38. The molecular weight excluding hydrogens is 220 g/mol. The molecule has 2 N–H and O–H groups in total. The fourth-order valence-electron chi connectivity index (χ4n) is 2.34. The summed E-state index contributed by atoms with van der Waals surface area (Å²) in [6.45, 7) is 3.92. The van der Waals surface area contributed by atoms with Gasteiger partial charge in [-0.3, -0.25) is 14.4 Å². The first-order valence-corrected chi connectivity index (χ1v) is 5.46. The van der Waals surface area contributed by atoms with Gasteiger partial charge >= 0.3 is 0 Å². The van der Waals surface area contributed by atoms with E-state index in [0.717, 1.165) is 0 Å². The molecule has 0 bridgehead atoms. The maximum Gasteiger partial charge on any atom is 0.282 e. The molecule has 5 heteroatoms. The molecule has 0 aromatic rings. The molecule has 17 heavy (non-hydrogen) atoms. The Bertz CT molecular complexity index is 486. The van der Waals surface area contributed by atoms with Gasteiger partial charge in [-0.25, -0.2) is 4.99 Å². The molecule has 1 aliphatic heterocycles. The number of primary amides is 1. The van der Waals surface area contributed by atoms with E-state index in [2.05, 4.69) is 4.99 Å². The number of carbonyl (C=O) groups excluding carboxylic acids is 3. The molecule has 0 radical (unpaired) electrons. The van der Waals surface area contributed by atoms with Gasteiger partial charge in [-0.15, -0.1) is 0 Å². The van der Waals surface area contributed by atoms with Crippen molar-refractivity contribution in [2.45, 2.75) is 26.7 Å². The monoisotopic (exact) mass is 234 g/mol. The third-order valence-electron chi connectivity index (χ3n) is 3.09. The third kappa shape index (κ3) is 2.05. The second-order valence-corrected chi connectivity index (χ2v) is 5.31. The fourth-order valence-corrected chi connectivity index (χ4v) is 2.34. The lowest BCUT2D eigenvalue weighted by Gasteiger charge is -2.34. The Balaban J connectivity index is 2.39. The number of ketones is 1. The van der Waals surface area contributed by atoms with Crippen molar-refractivity contribution < 1.29 is 14.4 Å². The summed E-state index contributed by atoms with van der Waals surface area (Å²) in [5.74, 6) is -2.00. The number of fused-ring (bicyclic) bond motifs is 1. The van der Waals surface area contributed by atoms with E-state index in [1.807, 2.05) is 13.8 Å². The predicted molar refractivity (Wildman–Crippen MR) is 61.2 cm³/mol. The number of amides is 2. The number of Topliss-reactive ketones (excluding diaryl/α,β-unsaturated/α-hetero) is 1. The molecule has 90 valence electrons. The molecule has 1 fully saturated rings. The zero-order valence-electron chi connectivity index (χ0n) is 9.82. The largest absolute Gasteiger partial charge is 0.365 e. The molecule has 1 saturated carbocycles. The highest BCUT2D eigenvalue weighted by atomic mass is 16.2. The van der Waals surface area contributed by atoms with Crippen LogP contribution in [0.15, 0.2) is 16.6 Å². The Morgan fingerprint density at radius 1 is 1.41 bits per heavy atom. The standard InChI is InChI=1S/C12H14N2O3/c1-12(2)4-8-6(9(15)5-12)3-7(10(13)16)11(17)14-8/h3,6H,4-5H2,1-2H3,(H2,13,16). The summed E-state index contributed by atoms with van der Waals surface area (Å²) in [5.41, 5.74) is 5.28. The topological polar surface area (TPSA) is 89.6 Å². The zero-order chi connectivity index (χ0) is 12.8. The average molecular weight is 234 g/mol. The van der Waals surface area contributed by atoms with Crippen LogP contribution in [-0.4, -0.2) is 23.3 Å². The van der Waals surface area contributed by atoms with Gasteiger partial charge in [-0.1, -0.05) is 13.8 Å². The number of nitrogens with two attached hydrogens (primary N) is 1. The molecule has 0 spiro atoms. The van der Waals surface area contributed by atoms with Crippen LogP contribution in [0.5, 0.6) is 0 Å². The van der Waals surface area contributed by atoms with Gasteiger partial charge in [0.1, 0.15) is 11.4 Å². The van der Waals surface area contributed by atoms with Crippen LogP contribution in [0.25, 0.3) is 0 Å². The van der Waals surface area contributed by atoms with Gasteiger partial charge in [-0.2, -0.15) is 0 Å². The lowest BCUT2D eigenvalue weighted by atomic mass is 9.70. The van der Waals surface area contributed by atoms with Crippen molar-refractivity contribution in [2.75, 3.05) is 0 Å². The summed E-state index contributed by atoms with van der Waals surface area (Å²) in [7, 11) is 0. The summed E-state index contributed by atoms with van der Waals surface area (Å²) in [6, 6.07) is 0. The fraction of sp³-hybridized carbons (Fsp3) is 0.500. The number of nitrogens with zero attached hydrogens (tertiary/aromatic N) is 1. The first-order valence-electron chi connectivity index (χ1n) is 5.46. The van der Waals surface area contributed by atoms with Crippen molar-refractivity contribution in [1.29, 1.82) is 0 Å². The smallest absolute Gasteiger partial charge is 0.282 e. The molecule has 0 aromatic carbocycles. The van der Waals surface area contributed by atoms with Crippen LogP contribution in [-0.2, 0) is 14.4 Å². The number of aliphatic imine (C=N–C) groups is 1. The van der Waals surface area contributed by atoms with Crippen molar-refractivity contribution in [2.24, 2.45) is 22.1 Å². The molecule has 0 aromatic heterocycles. The van der Waals surface area contributed by atoms with Crippen LogP contribution in [0, 0.1) is 11.3 Å². The van der Waals surface area contributed by atoms with Crippen LogP contribution < -0.4 is 5.73 Å². The van der Waals surface area contributed by atoms with E-state index in [9.17, 15) is 14.4 Å². The van der Waals surface area contributed by atoms with Crippen LogP contribution in [0.4, 0.5) is 0 Å². The lowest BCUT2D eigenvalue weighted by Crippen LogP contribution is -2.40. The van der Waals surface area contributed by atoms with E-state index in [-0.39, 0.29) is 16.8 Å². The molecule has 2 rings (SSSR count). The highest BCUT2D eigenvalue weighted by molar-refractivity contribution is 6.26. The first-order chi connectivity index (χ1) is 7.80. The van der Waals surface area contributed by atoms with Gasteiger partial charge < -0.3 is 5.73 Å². The number of allylic oxidation sites excluding steroid dienone is 1. The first kappa shape index (κ1) is 11.7. The van der Waals surface area contributed by atoms with E-state index in [0.29, 0.717) is 18.6 Å². The Labute approximate surface area is 98.8 Å². The molecule has 0 saturated heterocycles. The van der Waals surface area contributed by atoms with Gasteiger partial charge in [0.25, 0.3) is 11.8 Å². The zero-order valence-corrected chi connectivity index (χ0v) is 9.82. The number of rotatable bonds is 1. The van der Waals surface area contributed by atoms with E-state index < -0.39 is 17.7 Å². The number of hydrogen-bond acceptors (Lipinski definition) is 3. The van der Waals surface area contributed by atoms with Crippen molar-refractivity contribution >= 4 is 23.3 Å². The summed E-state index contributed by atoms with van der Waals surface area (Å²) in [5, 5.41) is 0. The molecule has 1 aliphatic carbocycles. The van der Waals surface area contributed by atoms with Gasteiger partial charge in [0.15, 0.2) is 0 Å². The number of dihydropyridines is 1. The molecule has 1 heterocycles.